The van der Waals surface area contributed by atoms with Crippen molar-refractivity contribution < 1.29 is 9.53 Å². The normalized spacial score (nSPS) is 28.4. The van der Waals surface area contributed by atoms with Crippen LogP contribution in [0.1, 0.15) is 53.4 Å². The number of rotatable bonds is 3. The van der Waals surface area contributed by atoms with E-state index in [-0.39, 0.29) is 12.1 Å². The summed E-state index contributed by atoms with van der Waals surface area (Å²) in [5.74, 6) is 0. The summed E-state index contributed by atoms with van der Waals surface area (Å²) >= 11 is 0. The molecule has 1 amide bonds. The molecule has 0 aromatic carbocycles. The first-order valence-electron chi connectivity index (χ1n) is 8.83. The lowest BCUT2D eigenvalue weighted by atomic mass is 9.89. The number of piperazine rings is 1. The van der Waals surface area contributed by atoms with Gasteiger partial charge in [-0.3, -0.25) is 4.90 Å². The lowest BCUT2D eigenvalue weighted by molar-refractivity contribution is 0.0436. The van der Waals surface area contributed by atoms with Crippen molar-refractivity contribution in [2.24, 2.45) is 0 Å². The average molecular weight is 311 g/mol. The lowest BCUT2D eigenvalue weighted by Gasteiger charge is -2.42. The number of ether oxygens (including phenoxy) is 1. The second-order valence-corrected chi connectivity index (χ2v) is 7.63. The van der Waals surface area contributed by atoms with Crippen LogP contribution in [-0.4, -0.2) is 66.3 Å². The average Bonchev–Trinajstić information content (AvgIpc) is 2.45. The van der Waals surface area contributed by atoms with Crippen LogP contribution in [0.2, 0.25) is 0 Å². The van der Waals surface area contributed by atoms with Gasteiger partial charge in [0, 0.05) is 38.3 Å². The Morgan fingerprint density at radius 2 is 1.86 bits per heavy atom. The summed E-state index contributed by atoms with van der Waals surface area (Å²) < 4.78 is 5.38. The zero-order chi connectivity index (χ0) is 16.2. The SMILES string of the molecule is CCN1CCN([C@H]2CCC[C@H](NC(=O)OC(C)(C)C)C2)CC1. The van der Waals surface area contributed by atoms with Gasteiger partial charge in [-0.2, -0.15) is 0 Å². The van der Waals surface area contributed by atoms with Gasteiger partial charge in [0.1, 0.15) is 5.60 Å². The Bertz CT molecular complexity index is 359. The molecule has 0 unspecified atom stereocenters. The van der Waals surface area contributed by atoms with Crippen molar-refractivity contribution in [3.05, 3.63) is 0 Å². The van der Waals surface area contributed by atoms with Crippen molar-refractivity contribution in [1.82, 2.24) is 15.1 Å². The van der Waals surface area contributed by atoms with Gasteiger partial charge in [-0.05, 0) is 53.0 Å². The molecule has 1 N–H and O–H groups in total. The molecule has 2 atom stereocenters. The van der Waals surface area contributed by atoms with Crippen LogP contribution in [0.25, 0.3) is 0 Å². The first-order chi connectivity index (χ1) is 10.4. The number of likely N-dealkylation sites (N-methyl/N-ethyl adjacent to an activating group) is 1. The molecule has 1 aliphatic carbocycles. The summed E-state index contributed by atoms with van der Waals surface area (Å²) in [5, 5.41) is 3.07. The Morgan fingerprint density at radius 3 is 2.45 bits per heavy atom. The first kappa shape index (κ1) is 17.5. The lowest BCUT2D eigenvalue weighted by Crippen LogP contribution is -2.53. The van der Waals surface area contributed by atoms with E-state index in [1.807, 2.05) is 20.8 Å². The van der Waals surface area contributed by atoms with Crippen LogP contribution in [-0.2, 0) is 4.74 Å². The molecule has 1 heterocycles. The second-order valence-electron chi connectivity index (χ2n) is 7.63. The smallest absolute Gasteiger partial charge is 0.407 e. The minimum atomic E-state index is -0.422. The number of hydrogen-bond donors (Lipinski definition) is 1. The number of hydrogen-bond acceptors (Lipinski definition) is 4. The van der Waals surface area contributed by atoms with Crippen LogP contribution in [0.15, 0.2) is 0 Å². The fourth-order valence-corrected chi connectivity index (χ4v) is 3.55. The molecule has 2 rings (SSSR count). The van der Waals surface area contributed by atoms with Gasteiger partial charge in [0.15, 0.2) is 0 Å². The first-order valence-corrected chi connectivity index (χ1v) is 8.83. The van der Waals surface area contributed by atoms with Crippen LogP contribution in [0.5, 0.6) is 0 Å². The van der Waals surface area contributed by atoms with Crippen LogP contribution >= 0.6 is 0 Å². The highest BCUT2D eigenvalue weighted by molar-refractivity contribution is 5.68. The predicted octanol–water partition coefficient (Wildman–Crippen LogP) is 2.46. The maximum atomic E-state index is 11.9. The van der Waals surface area contributed by atoms with Gasteiger partial charge in [0.25, 0.3) is 0 Å². The van der Waals surface area contributed by atoms with Gasteiger partial charge in [-0.1, -0.05) is 6.92 Å². The molecule has 0 aromatic rings. The molecular weight excluding hydrogens is 278 g/mol. The van der Waals surface area contributed by atoms with E-state index in [0.29, 0.717) is 6.04 Å². The number of amides is 1. The van der Waals surface area contributed by atoms with Crippen molar-refractivity contribution in [2.75, 3.05) is 32.7 Å². The third-order valence-electron chi connectivity index (χ3n) is 4.74. The molecule has 22 heavy (non-hydrogen) atoms. The highest BCUT2D eigenvalue weighted by atomic mass is 16.6. The largest absolute Gasteiger partial charge is 0.444 e. The number of nitrogens with zero attached hydrogens (tertiary/aromatic N) is 2. The Morgan fingerprint density at radius 1 is 1.18 bits per heavy atom. The van der Waals surface area contributed by atoms with Crippen molar-refractivity contribution in [1.29, 1.82) is 0 Å². The van der Waals surface area contributed by atoms with E-state index >= 15 is 0 Å². The zero-order valence-corrected chi connectivity index (χ0v) is 14.7. The summed E-state index contributed by atoms with van der Waals surface area (Å²) in [5.41, 5.74) is -0.422. The van der Waals surface area contributed by atoms with Gasteiger partial charge in [0.2, 0.25) is 0 Å². The highest BCUT2D eigenvalue weighted by Crippen LogP contribution is 2.24. The van der Waals surface area contributed by atoms with Crippen LogP contribution < -0.4 is 5.32 Å². The number of alkyl carbamates (subject to hydrolysis) is 1. The molecule has 0 radical (unpaired) electrons. The Labute approximate surface area is 135 Å². The maximum Gasteiger partial charge on any atom is 0.407 e. The second kappa shape index (κ2) is 7.64. The maximum absolute atomic E-state index is 11.9. The van der Waals surface area contributed by atoms with Gasteiger partial charge in [0.05, 0.1) is 0 Å². The minimum absolute atomic E-state index is 0.262. The topological polar surface area (TPSA) is 44.8 Å². The van der Waals surface area contributed by atoms with Crippen molar-refractivity contribution in [3.8, 4) is 0 Å². The molecule has 128 valence electrons. The molecule has 5 heteroatoms. The summed E-state index contributed by atoms with van der Waals surface area (Å²) in [7, 11) is 0. The fraction of sp³-hybridized carbons (Fsp3) is 0.941. The summed E-state index contributed by atoms with van der Waals surface area (Å²) in [6.45, 7) is 13.8. The summed E-state index contributed by atoms with van der Waals surface area (Å²) in [4.78, 5) is 17.1. The Kier molecular flexibility index (Phi) is 6.09. The van der Waals surface area contributed by atoms with Crippen LogP contribution in [0, 0.1) is 0 Å². The monoisotopic (exact) mass is 311 g/mol. The Hall–Kier alpha value is -0.810. The quantitative estimate of drug-likeness (QED) is 0.869. The van der Waals surface area contributed by atoms with E-state index < -0.39 is 5.60 Å². The molecule has 1 aliphatic heterocycles. The summed E-state index contributed by atoms with van der Waals surface area (Å²) in [6, 6.07) is 0.880. The van der Waals surface area contributed by atoms with E-state index in [1.54, 1.807) is 0 Å². The molecule has 2 fully saturated rings. The Balaban J connectivity index is 1.78. The molecule has 1 saturated heterocycles. The zero-order valence-electron chi connectivity index (χ0n) is 14.7. The van der Waals surface area contributed by atoms with E-state index in [2.05, 4.69) is 22.0 Å². The van der Waals surface area contributed by atoms with E-state index in [1.165, 1.54) is 25.9 Å². The van der Waals surface area contributed by atoms with E-state index in [4.69, 9.17) is 4.74 Å². The summed E-state index contributed by atoms with van der Waals surface area (Å²) in [6.07, 6.45) is 4.32. The molecule has 0 bridgehead atoms. The molecular formula is C17H33N3O2. The van der Waals surface area contributed by atoms with Crippen molar-refractivity contribution >= 4 is 6.09 Å². The van der Waals surface area contributed by atoms with E-state index in [9.17, 15) is 4.79 Å². The number of carbonyl (C=O) groups is 1. The van der Waals surface area contributed by atoms with E-state index in [0.717, 1.165) is 32.5 Å². The van der Waals surface area contributed by atoms with Crippen molar-refractivity contribution in [3.63, 3.8) is 0 Å². The molecule has 5 nitrogen and oxygen atoms in total. The number of nitrogens with one attached hydrogen (secondary N) is 1. The van der Waals surface area contributed by atoms with Crippen molar-refractivity contribution in [2.45, 2.75) is 71.1 Å². The third kappa shape index (κ3) is 5.43. The van der Waals surface area contributed by atoms with Gasteiger partial charge in [-0.15, -0.1) is 0 Å². The third-order valence-corrected chi connectivity index (χ3v) is 4.74. The van der Waals surface area contributed by atoms with Crippen LogP contribution in [0.4, 0.5) is 4.79 Å². The minimum Gasteiger partial charge on any atom is -0.444 e. The fourth-order valence-electron chi connectivity index (χ4n) is 3.55. The molecule has 2 aliphatic rings. The van der Waals surface area contributed by atoms with Crippen LogP contribution in [0.3, 0.4) is 0 Å². The molecule has 0 aromatic heterocycles. The highest BCUT2D eigenvalue weighted by Gasteiger charge is 2.30. The molecule has 0 spiro atoms. The number of carbonyl (C=O) groups excluding carboxylic acids is 1. The van der Waals surface area contributed by atoms with Gasteiger partial charge in [-0.25, -0.2) is 4.79 Å². The molecule has 1 saturated carbocycles. The van der Waals surface area contributed by atoms with Gasteiger partial charge < -0.3 is 15.0 Å². The predicted molar refractivity (Wildman–Crippen MR) is 89.1 cm³/mol. The standard InChI is InChI=1S/C17H33N3O2/c1-5-19-9-11-20(12-10-19)15-8-6-7-14(13-15)18-16(21)22-17(2,3)4/h14-15H,5-13H2,1-4H3,(H,18,21)/t14-,15-/m0/s1. The van der Waals surface area contributed by atoms with Gasteiger partial charge >= 0.3 is 6.09 Å².